The van der Waals surface area contributed by atoms with Crippen LogP contribution in [0.3, 0.4) is 0 Å². The number of carbonyl (C=O) groups is 2. The number of fused-ring (bicyclic) bond motifs is 1. The van der Waals surface area contributed by atoms with Crippen LogP contribution in [0.1, 0.15) is 66.1 Å². The zero-order valence-electron chi connectivity index (χ0n) is 20.9. The first-order valence-electron chi connectivity index (χ1n) is 12.1. The van der Waals surface area contributed by atoms with Gasteiger partial charge in [0, 0.05) is 27.7 Å². The van der Waals surface area contributed by atoms with Crippen LogP contribution in [0.25, 0.3) is 0 Å². The molecule has 1 N–H and O–H groups in total. The van der Waals surface area contributed by atoms with Crippen LogP contribution in [0.4, 0.5) is 0 Å². The molecule has 1 heterocycles. The summed E-state index contributed by atoms with van der Waals surface area (Å²) in [6, 6.07) is 8.01. The predicted molar refractivity (Wildman–Crippen MR) is 142 cm³/mol. The summed E-state index contributed by atoms with van der Waals surface area (Å²) in [7, 11) is -2.05. The molecular weight excluding hydrogens is 539 g/mol. The number of rotatable bonds is 7. The summed E-state index contributed by atoms with van der Waals surface area (Å²) >= 11 is 12.9. The molecule has 0 unspecified atom stereocenters. The molecule has 37 heavy (non-hydrogen) atoms. The Bertz CT molecular complexity index is 1300. The zero-order chi connectivity index (χ0) is 26.9. The Morgan fingerprint density at radius 2 is 1.84 bits per heavy atom. The largest absolute Gasteiger partial charge is 0.497 e. The molecule has 200 valence electrons. The Morgan fingerprint density at radius 1 is 1.11 bits per heavy atom. The lowest BCUT2D eigenvalue weighted by atomic mass is 9.76. The van der Waals surface area contributed by atoms with Crippen molar-refractivity contribution >= 4 is 45.1 Å². The van der Waals surface area contributed by atoms with Crippen molar-refractivity contribution in [2.24, 2.45) is 0 Å². The van der Waals surface area contributed by atoms with E-state index in [1.54, 1.807) is 48.2 Å². The fraction of sp³-hybridized carbons (Fsp3) is 0.462. The molecule has 1 fully saturated rings. The number of hydrogen-bond donors (Lipinski definition) is 1. The van der Waals surface area contributed by atoms with Crippen molar-refractivity contribution in [2.75, 3.05) is 20.0 Å². The van der Waals surface area contributed by atoms with Crippen molar-refractivity contribution < 1.29 is 27.5 Å². The van der Waals surface area contributed by atoms with Gasteiger partial charge in [0.1, 0.15) is 11.7 Å². The van der Waals surface area contributed by atoms with Crippen molar-refractivity contribution in [3.8, 4) is 5.75 Å². The molecule has 2 aromatic carbocycles. The van der Waals surface area contributed by atoms with Gasteiger partial charge in [-0.15, -0.1) is 0 Å². The standard InChI is InChI=1S/C26H30Cl2N2O6S/c1-4-36-26(32)23-19-14-16(35-2)10-12-17(19)25(31)30(24(23)18-11-9-15(27)13-20(18)28)22-8-6-5-7-21(22)29-37(3,33)34/h9-14,21-24,29H,4-8H2,1-3H3/t21-,22-,23+,24-/m0/s1. The van der Waals surface area contributed by atoms with Crippen LogP contribution in [0.15, 0.2) is 36.4 Å². The van der Waals surface area contributed by atoms with Gasteiger partial charge in [-0.25, -0.2) is 13.1 Å². The average Bonchev–Trinajstić information content (AvgIpc) is 2.83. The van der Waals surface area contributed by atoms with Gasteiger partial charge in [0.15, 0.2) is 0 Å². The average molecular weight is 570 g/mol. The van der Waals surface area contributed by atoms with Gasteiger partial charge in [-0.3, -0.25) is 9.59 Å². The van der Waals surface area contributed by atoms with Crippen molar-refractivity contribution in [3.05, 3.63) is 63.1 Å². The van der Waals surface area contributed by atoms with Gasteiger partial charge in [-0.05, 0) is 61.2 Å². The minimum absolute atomic E-state index is 0.144. The van der Waals surface area contributed by atoms with Crippen molar-refractivity contribution in [1.82, 2.24) is 9.62 Å². The Morgan fingerprint density at radius 3 is 2.49 bits per heavy atom. The summed E-state index contributed by atoms with van der Waals surface area (Å²) in [5.74, 6) is -1.28. The third-order valence-corrected chi connectivity index (χ3v) is 8.24. The monoisotopic (exact) mass is 568 g/mol. The lowest BCUT2D eigenvalue weighted by Crippen LogP contribution is -2.58. The van der Waals surface area contributed by atoms with E-state index in [9.17, 15) is 18.0 Å². The first-order chi connectivity index (χ1) is 17.6. The van der Waals surface area contributed by atoms with Gasteiger partial charge in [0.25, 0.3) is 5.91 Å². The molecule has 8 nitrogen and oxygen atoms in total. The van der Waals surface area contributed by atoms with E-state index >= 15 is 0 Å². The fourth-order valence-corrected chi connectivity index (χ4v) is 6.83. The molecule has 1 aliphatic heterocycles. The number of halogens is 2. The number of nitrogens with one attached hydrogen (secondary N) is 1. The molecule has 4 rings (SSSR count). The lowest BCUT2D eigenvalue weighted by Gasteiger charge is -2.49. The number of benzene rings is 2. The highest BCUT2D eigenvalue weighted by molar-refractivity contribution is 7.88. The third kappa shape index (κ3) is 5.74. The van der Waals surface area contributed by atoms with E-state index in [-0.39, 0.29) is 12.5 Å². The van der Waals surface area contributed by atoms with Crippen LogP contribution in [-0.4, -0.2) is 57.3 Å². The van der Waals surface area contributed by atoms with Crippen LogP contribution in [0, 0.1) is 0 Å². The van der Waals surface area contributed by atoms with Crippen LogP contribution < -0.4 is 9.46 Å². The van der Waals surface area contributed by atoms with Gasteiger partial charge in [-0.2, -0.15) is 0 Å². The predicted octanol–water partition coefficient (Wildman–Crippen LogP) is 4.71. The smallest absolute Gasteiger partial charge is 0.315 e. The minimum Gasteiger partial charge on any atom is -0.497 e. The molecule has 0 bridgehead atoms. The van der Waals surface area contributed by atoms with Gasteiger partial charge in [0.05, 0.1) is 26.0 Å². The molecule has 0 radical (unpaired) electrons. The highest BCUT2D eigenvalue weighted by Crippen LogP contribution is 2.49. The van der Waals surface area contributed by atoms with Crippen LogP contribution in [0.2, 0.25) is 10.0 Å². The second kappa shape index (κ2) is 11.2. The molecule has 0 saturated heterocycles. The Labute approximate surface area is 227 Å². The first-order valence-corrected chi connectivity index (χ1v) is 14.8. The fourth-order valence-electron chi connectivity index (χ4n) is 5.49. The Hall–Kier alpha value is -2.33. The van der Waals surface area contributed by atoms with Gasteiger partial charge >= 0.3 is 5.97 Å². The van der Waals surface area contributed by atoms with E-state index < -0.39 is 40.0 Å². The number of amides is 1. The number of methoxy groups -OCH3 is 1. The maximum atomic E-state index is 14.2. The Kier molecular flexibility index (Phi) is 8.38. The lowest BCUT2D eigenvalue weighted by molar-refractivity contribution is -0.147. The molecular formula is C26H30Cl2N2O6S. The Balaban J connectivity index is 1.97. The molecule has 2 aromatic rings. The summed E-state index contributed by atoms with van der Waals surface area (Å²) < 4.78 is 38.1. The van der Waals surface area contributed by atoms with E-state index in [0.717, 1.165) is 19.1 Å². The summed E-state index contributed by atoms with van der Waals surface area (Å²) in [5, 5.41) is 0.700. The van der Waals surface area contributed by atoms with E-state index in [1.165, 1.54) is 7.11 Å². The van der Waals surface area contributed by atoms with Gasteiger partial charge < -0.3 is 14.4 Å². The summed E-state index contributed by atoms with van der Waals surface area (Å²) in [4.78, 5) is 29.4. The van der Waals surface area contributed by atoms with Crippen LogP contribution >= 0.6 is 23.2 Å². The molecule has 1 aliphatic carbocycles. The van der Waals surface area contributed by atoms with Crippen molar-refractivity contribution in [3.63, 3.8) is 0 Å². The number of carbonyl (C=O) groups excluding carboxylic acids is 2. The van der Waals surface area contributed by atoms with E-state index in [0.29, 0.717) is 45.3 Å². The van der Waals surface area contributed by atoms with Crippen LogP contribution in [-0.2, 0) is 19.6 Å². The van der Waals surface area contributed by atoms with Crippen molar-refractivity contribution in [2.45, 2.75) is 56.7 Å². The summed E-state index contributed by atoms with van der Waals surface area (Å²) in [6.07, 6.45) is 3.83. The topological polar surface area (TPSA) is 102 Å². The highest BCUT2D eigenvalue weighted by atomic mass is 35.5. The number of ether oxygens (including phenoxy) is 2. The third-order valence-electron chi connectivity index (χ3n) is 6.95. The van der Waals surface area contributed by atoms with Gasteiger partial charge in [-0.1, -0.05) is 42.1 Å². The normalized spacial score (nSPS) is 23.9. The first kappa shape index (κ1) is 27.7. The highest BCUT2D eigenvalue weighted by Gasteiger charge is 2.50. The molecule has 0 spiro atoms. The quantitative estimate of drug-likeness (QED) is 0.485. The molecule has 11 heteroatoms. The molecule has 4 atom stereocenters. The van der Waals surface area contributed by atoms with E-state index in [1.807, 2.05) is 0 Å². The van der Waals surface area contributed by atoms with E-state index in [2.05, 4.69) is 4.72 Å². The molecule has 1 saturated carbocycles. The number of sulfonamides is 1. The molecule has 2 aliphatic rings. The number of hydrogen-bond acceptors (Lipinski definition) is 6. The summed E-state index contributed by atoms with van der Waals surface area (Å²) in [6.45, 7) is 1.86. The minimum atomic E-state index is -3.56. The van der Waals surface area contributed by atoms with Gasteiger partial charge in [0.2, 0.25) is 10.0 Å². The van der Waals surface area contributed by atoms with E-state index in [4.69, 9.17) is 32.7 Å². The number of esters is 1. The summed E-state index contributed by atoms with van der Waals surface area (Å²) in [5.41, 5.74) is 1.33. The SMILES string of the molecule is CCOC(=O)[C@@H]1c2cc(OC)ccc2C(=O)N([C@H]2CCCC[C@@H]2NS(C)(=O)=O)[C@H]1c1ccc(Cl)cc1Cl. The van der Waals surface area contributed by atoms with Crippen LogP contribution in [0.5, 0.6) is 5.75 Å². The number of nitrogens with zero attached hydrogens (tertiary/aromatic N) is 1. The second-order valence-corrected chi connectivity index (χ2v) is 12.0. The van der Waals surface area contributed by atoms with Crippen molar-refractivity contribution in [1.29, 1.82) is 0 Å². The maximum Gasteiger partial charge on any atom is 0.315 e. The maximum absolute atomic E-state index is 14.2. The molecule has 0 aromatic heterocycles. The zero-order valence-corrected chi connectivity index (χ0v) is 23.2. The molecule has 1 amide bonds. The second-order valence-electron chi connectivity index (χ2n) is 9.35.